The lowest BCUT2D eigenvalue weighted by Gasteiger charge is -2.09. The number of nitrogens with zero attached hydrogens (tertiary/aromatic N) is 4. The Balaban J connectivity index is 1.37. The number of aromatic nitrogens is 4. The van der Waals surface area contributed by atoms with Crippen LogP contribution in [0.5, 0.6) is 0 Å². The minimum atomic E-state index is -0.170. The van der Waals surface area contributed by atoms with Crippen LogP contribution in [0.2, 0.25) is 0 Å². The maximum Gasteiger partial charge on any atom is 0.251 e. The number of thioether (sulfide) groups is 1. The summed E-state index contributed by atoms with van der Waals surface area (Å²) in [6.45, 7) is 2.70. The van der Waals surface area contributed by atoms with Crippen molar-refractivity contribution >= 4 is 29.3 Å². The molecule has 8 nitrogen and oxygen atoms in total. The first kappa shape index (κ1) is 20.1. The third-order valence-corrected chi connectivity index (χ3v) is 5.59. The molecule has 2 amide bonds. The number of hydrogen-bond acceptors (Lipinski definition) is 6. The van der Waals surface area contributed by atoms with Crippen LogP contribution >= 0.6 is 11.8 Å². The standard InChI is InChI=1S/C21H22N6O2S/c1-2-27-19(14-8-10-22-11-9-14)25-26-21(27)30-13-18(28)23-17-5-3-4-15(12-17)20(29)24-16-6-7-16/h3-5,8-12,16H,2,6-7,13H2,1H3,(H,23,28)(H,24,29). The molecule has 0 spiro atoms. The van der Waals surface area contributed by atoms with Gasteiger partial charge in [0.15, 0.2) is 11.0 Å². The Kier molecular flexibility index (Phi) is 6.08. The largest absolute Gasteiger partial charge is 0.349 e. The van der Waals surface area contributed by atoms with Gasteiger partial charge in [-0.05, 0) is 50.1 Å². The van der Waals surface area contributed by atoms with Crippen molar-refractivity contribution in [2.75, 3.05) is 11.1 Å². The van der Waals surface area contributed by atoms with Gasteiger partial charge >= 0.3 is 0 Å². The molecule has 2 N–H and O–H groups in total. The highest BCUT2D eigenvalue weighted by Crippen LogP contribution is 2.24. The average molecular weight is 423 g/mol. The predicted octanol–water partition coefficient (Wildman–Crippen LogP) is 2.98. The van der Waals surface area contributed by atoms with Gasteiger partial charge in [0.05, 0.1) is 5.75 Å². The highest BCUT2D eigenvalue weighted by molar-refractivity contribution is 7.99. The van der Waals surface area contributed by atoms with E-state index in [9.17, 15) is 9.59 Å². The number of amides is 2. The quantitative estimate of drug-likeness (QED) is 0.541. The van der Waals surface area contributed by atoms with Gasteiger partial charge in [0.25, 0.3) is 5.91 Å². The van der Waals surface area contributed by atoms with E-state index < -0.39 is 0 Å². The Bertz CT molecular complexity index is 1050. The monoisotopic (exact) mass is 422 g/mol. The molecule has 1 saturated carbocycles. The Morgan fingerprint density at radius 2 is 1.97 bits per heavy atom. The maximum absolute atomic E-state index is 12.4. The van der Waals surface area contributed by atoms with Crippen molar-refractivity contribution in [3.05, 3.63) is 54.4 Å². The smallest absolute Gasteiger partial charge is 0.251 e. The van der Waals surface area contributed by atoms with E-state index in [1.54, 1.807) is 36.7 Å². The minimum Gasteiger partial charge on any atom is -0.349 e. The number of benzene rings is 1. The second-order valence-electron chi connectivity index (χ2n) is 6.95. The fourth-order valence-corrected chi connectivity index (χ4v) is 3.76. The van der Waals surface area contributed by atoms with Gasteiger partial charge in [0.1, 0.15) is 0 Å². The van der Waals surface area contributed by atoms with E-state index in [4.69, 9.17) is 0 Å². The first-order valence-corrected chi connectivity index (χ1v) is 10.8. The molecule has 3 aromatic rings. The van der Waals surface area contributed by atoms with Gasteiger partial charge in [-0.15, -0.1) is 10.2 Å². The van der Waals surface area contributed by atoms with Crippen molar-refractivity contribution in [2.24, 2.45) is 0 Å². The SMILES string of the molecule is CCn1c(SCC(=O)Nc2cccc(C(=O)NC3CC3)c2)nnc1-c1ccncc1. The lowest BCUT2D eigenvalue weighted by Crippen LogP contribution is -2.25. The third kappa shape index (κ3) is 4.85. The van der Waals surface area contributed by atoms with Crippen LogP contribution in [-0.4, -0.2) is 43.4 Å². The molecular formula is C21H22N6O2S. The zero-order valence-electron chi connectivity index (χ0n) is 16.5. The van der Waals surface area contributed by atoms with Crippen LogP contribution in [0.1, 0.15) is 30.1 Å². The summed E-state index contributed by atoms with van der Waals surface area (Å²) in [5, 5.41) is 15.0. The number of carbonyl (C=O) groups excluding carboxylic acids is 2. The highest BCUT2D eigenvalue weighted by atomic mass is 32.2. The fourth-order valence-electron chi connectivity index (χ4n) is 2.96. The Morgan fingerprint density at radius 1 is 1.17 bits per heavy atom. The fraction of sp³-hybridized carbons (Fsp3) is 0.286. The maximum atomic E-state index is 12.4. The zero-order chi connectivity index (χ0) is 20.9. The Morgan fingerprint density at radius 3 is 2.70 bits per heavy atom. The van der Waals surface area contributed by atoms with E-state index in [2.05, 4.69) is 25.8 Å². The van der Waals surface area contributed by atoms with Crippen LogP contribution in [0.3, 0.4) is 0 Å². The van der Waals surface area contributed by atoms with Crippen molar-refractivity contribution in [3.8, 4) is 11.4 Å². The number of carbonyl (C=O) groups is 2. The van der Waals surface area contributed by atoms with Gasteiger partial charge in [-0.1, -0.05) is 17.8 Å². The molecule has 9 heteroatoms. The number of pyridine rings is 1. The van der Waals surface area contributed by atoms with E-state index in [-0.39, 0.29) is 17.6 Å². The van der Waals surface area contributed by atoms with Crippen LogP contribution in [-0.2, 0) is 11.3 Å². The lowest BCUT2D eigenvalue weighted by molar-refractivity contribution is -0.113. The van der Waals surface area contributed by atoms with Crippen molar-refractivity contribution in [2.45, 2.75) is 37.5 Å². The first-order valence-electron chi connectivity index (χ1n) is 9.81. The summed E-state index contributed by atoms with van der Waals surface area (Å²) < 4.78 is 1.97. The molecule has 2 heterocycles. The van der Waals surface area contributed by atoms with Gasteiger partial charge in [-0.2, -0.15) is 0 Å². The van der Waals surface area contributed by atoms with Crippen LogP contribution in [0, 0.1) is 0 Å². The molecule has 1 aliphatic rings. The third-order valence-electron chi connectivity index (χ3n) is 4.63. The number of hydrogen-bond donors (Lipinski definition) is 2. The van der Waals surface area contributed by atoms with Gasteiger partial charge in [0.2, 0.25) is 5.91 Å². The lowest BCUT2D eigenvalue weighted by atomic mass is 10.2. The molecule has 1 aliphatic carbocycles. The van der Waals surface area contributed by atoms with Crippen molar-refractivity contribution in [3.63, 3.8) is 0 Å². The molecule has 30 heavy (non-hydrogen) atoms. The molecule has 0 atom stereocenters. The van der Waals surface area contributed by atoms with Crippen molar-refractivity contribution < 1.29 is 9.59 Å². The summed E-state index contributed by atoms with van der Waals surface area (Å²) in [7, 11) is 0. The number of rotatable bonds is 8. The van der Waals surface area contributed by atoms with Gasteiger partial charge in [0, 0.05) is 41.8 Å². The summed E-state index contributed by atoms with van der Waals surface area (Å²) in [5.41, 5.74) is 2.07. The molecule has 1 aromatic carbocycles. The summed E-state index contributed by atoms with van der Waals surface area (Å²) >= 11 is 1.32. The van der Waals surface area contributed by atoms with Crippen LogP contribution in [0.4, 0.5) is 5.69 Å². The van der Waals surface area contributed by atoms with Gasteiger partial charge in [-0.3, -0.25) is 14.6 Å². The van der Waals surface area contributed by atoms with Crippen LogP contribution < -0.4 is 10.6 Å². The molecule has 0 unspecified atom stereocenters. The van der Waals surface area contributed by atoms with Crippen molar-refractivity contribution in [1.82, 2.24) is 25.1 Å². The molecule has 2 aromatic heterocycles. The van der Waals surface area contributed by atoms with Gasteiger partial charge in [-0.25, -0.2) is 0 Å². The molecule has 0 bridgehead atoms. The van der Waals surface area contributed by atoms with Crippen LogP contribution in [0.25, 0.3) is 11.4 Å². The Labute approximate surface area is 178 Å². The van der Waals surface area contributed by atoms with Crippen LogP contribution in [0.15, 0.2) is 53.9 Å². The average Bonchev–Trinajstić information content (AvgIpc) is 3.48. The summed E-state index contributed by atoms with van der Waals surface area (Å²) in [6.07, 6.45) is 5.49. The number of nitrogens with one attached hydrogen (secondary N) is 2. The minimum absolute atomic E-state index is 0.109. The second kappa shape index (κ2) is 9.08. The summed E-state index contributed by atoms with van der Waals surface area (Å²) in [4.78, 5) is 28.6. The van der Waals surface area contributed by atoms with Crippen molar-refractivity contribution in [1.29, 1.82) is 0 Å². The number of anilines is 1. The first-order chi connectivity index (χ1) is 14.6. The van der Waals surface area contributed by atoms with E-state index in [1.807, 2.05) is 23.6 Å². The second-order valence-corrected chi connectivity index (χ2v) is 7.89. The van der Waals surface area contributed by atoms with E-state index >= 15 is 0 Å². The van der Waals surface area contributed by atoms with E-state index in [1.165, 1.54) is 11.8 Å². The topological polar surface area (TPSA) is 102 Å². The highest BCUT2D eigenvalue weighted by Gasteiger charge is 2.23. The summed E-state index contributed by atoms with van der Waals surface area (Å²) in [5.74, 6) is 0.656. The molecule has 0 radical (unpaired) electrons. The molecular weight excluding hydrogens is 400 g/mol. The zero-order valence-corrected chi connectivity index (χ0v) is 17.4. The molecule has 0 saturated heterocycles. The summed E-state index contributed by atoms with van der Waals surface area (Å²) in [6, 6.07) is 11.0. The normalized spacial score (nSPS) is 13.1. The van der Waals surface area contributed by atoms with Gasteiger partial charge < -0.3 is 15.2 Å². The molecule has 0 aliphatic heterocycles. The van der Waals surface area contributed by atoms with E-state index in [0.717, 1.165) is 24.2 Å². The van der Waals surface area contributed by atoms with E-state index in [0.29, 0.717) is 29.0 Å². The molecule has 4 rings (SSSR count). The molecule has 1 fully saturated rings. The Hall–Kier alpha value is -3.20. The predicted molar refractivity (Wildman–Crippen MR) is 115 cm³/mol. The molecule has 154 valence electrons.